The molecule has 0 aliphatic heterocycles. The number of aromatic nitrogens is 2. The van der Waals surface area contributed by atoms with Crippen molar-refractivity contribution in [2.24, 2.45) is 0 Å². The molecule has 72 valence electrons. The largest absolute Gasteiger partial charge is 0.394 e. The van der Waals surface area contributed by atoms with Crippen molar-refractivity contribution < 1.29 is 0 Å². The Hall–Kier alpha value is -1.84. The molecule has 0 aliphatic carbocycles. The van der Waals surface area contributed by atoms with E-state index in [0.717, 1.165) is 16.6 Å². The zero-order valence-electron chi connectivity index (χ0n) is 8.09. The number of nitrogens with one attached hydrogen (secondary N) is 1. The molecule has 2 rings (SSSR count). The van der Waals surface area contributed by atoms with E-state index < -0.39 is 0 Å². The predicted molar refractivity (Wildman–Crippen MR) is 56.3 cm³/mol. The summed E-state index contributed by atoms with van der Waals surface area (Å²) in [6.45, 7) is 3.86. The Bertz CT molecular complexity index is 557. The minimum atomic E-state index is -0.282. The first-order valence-corrected chi connectivity index (χ1v) is 4.34. The number of nitrogens with zero attached hydrogens (tertiary/aromatic N) is 1. The van der Waals surface area contributed by atoms with E-state index in [1.54, 1.807) is 6.07 Å². The number of H-pyrrole nitrogens is 1. The summed E-state index contributed by atoms with van der Waals surface area (Å²) >= 11 is 0. The van der Waals surface area contributed by atoms with Gasteiger partial charge in [0.25, 0.3) is 5.56 Å². The summed E-state index contributed by atoms with van der Waals surface area (Å²) in [7, 11) is 0. The Balaban J connectivity index is 2.96. The molecule has 0 unspecified atom stereocenters. The summed E-state index contributed by atoms with van der Waals surface area (Å²) in [6.07, 6.45) is 0. The van der Waals surface area contributed by atoms with Gasteiger partial charge in [0, 0.05) is 11.1 Å². The van der Waals surface area contributed by atoms with Crippen molar-refractivity contribution >= 4 is 16.7 Å². The molecule has 0 saturated heterocycles. The highest BCUT2D eigenvalue weighted by molar-refractivity contribution is 5.81. The number of nitrogens with two attached hydrogens (primary N) is 1. The highest BCUT2D eigenvalue weighted by Gasteiger charge is 2.03. The van der Waals surface area contributed by atoms with Gasteiger partial charge in [-0.05, 0) is 31.5 Å². The molecule has 0 amide bonds. The fraction of sp³-hybridized carbons (Fsp3) is 0.200. The highest BCUT2D eigenvalue weighted by Crippen LogP contribution is 2.15. The second-order valence-corrected chi connectivity index (χ2v) is 3.40. The van der Waals surface area contributed by atoms with Crippen molar-refractivity contribution in [3.8, 4) is 0 Å². The second kappa shape index (κ2) is 2.83. The third-order valence-electron chi connectivity index (χ3n) is 2.19. The van der Waals surface area contributed by atoms with E-state index in [-0.39, 0.29) is 11.2 Å². The molecule has 0 atom stereocenters. The zero-order valence-corrected chi connectivity index (χ0v) is 8.09. The lowest BCUT2D eigenvalue weighted by Gasteiger charge is -2.03. The summed E-state index contributed by atoms with van der Waals surface area (Å²) in [5, 5.41) is 0.896. The smallest absolute Gasteiger partial charge is 0.272 e. The van der Waals surface area contributed by atoms with Gasteiger partial charge in [-0.1, -0.05) is 0 Å². The first-order chi connectivity index (χ1) is 6.58. The minimum Gasteiger partial charge on any atom is -0.394 e. The fourth-order valence-electron chi connectivity index (χ4n) is 1.52. The van der Waals surface area contributed by atoms with Gasteiger partial charge in [-0.15, -0.1) is 0 Å². The van der Waals surface area contributed by atoms with Crippen LogP contribution in [0.1, 0.15) is 11.3 Å². The topological polar surface area (TPSA) is 71.8 Å². The first kappa shape index (κ1) is 8.74. The van der Waals surface area contributed by atoms with Gasteiger partial charge in [0.05, 0.1) is 5.69 Å². The monoisotopic (exact) mass is 189 g/mol. The lowest BCUT2D eigenvalue weighted by Crippen LogP contribution is -2.12. The normalized spacial score (nSPS) is 10.7. The number of aryl methyl sites for hydroxylation is 2. The van der Waals surface area contributed by atoms with Gasteiger partial charge in [0.2, 0.25) is 0 Å². The standard InChI is InChI=1S/C10H11N3O/c1-5-3-6(2)12-9-7(5)4-8(11)10(14)13-9/h3-4H,11H2,1-2H3,(H,12,13,14). The quantitative estimate of drug-likeness (QED) is 0.652. The van der Waals surface area contributed by atoms with Crippen LogP contribution in [0.4, 0.5) is 5.69 Å². The van der Waals surface area contributed by atoms with E-state index in [1.165, 1.54) is 0 Å². The summed E-state index contributed by atoms with van der Waals surface area (Å²) < 4.78 is 0. The maximum atomic E-state index is 11.2. The molecular formula is C10H11N3O. The minimum absolute atomic E-state index is 0.228. The molecule has 2 aromatic heterocycles. The molecule has 14 heavy (non-hydrogen) atoms. The summed E-state index contributed by atoms with van der Waals surface area (Å²) in [5.41, 5.74) is 8.02. The number of pyridine rings is 2. The van der Waals surface area contributed by atoms with Gasteiger partial charge >= 0.3 is 0 Å². The summed E-state index contributed by atoms with van der Waals surface area (Å²) in [6, 6.07) is 3.62. The van der Waals surface area contributed by atoms with E-state index in [9.17, 15) is 4.79 Å². The van der Waals surface area contributed by atoms with E-state index in [4.69, 9.17) is 5.73 Å². The molecule has 0 aromatic carbocycles. The average Bonchev–Trinajstić information content (AvgIpc) is 2.08. The number of aromatic amines is 1. The van der Waals surface area contributed by atoms with Crippen molar-refractivity contribution in [3.05, 3.63) is 33.7 Å². The van der Waals surface area contributed by atoms with Crippen LogP contribution in [0.25, 0.3) is 11.0 Å². The molecular weight excluding hydrogens is 178 g/mol. The third-order valence-corrected chi connectivity index (χ3v) is 2.19. The Morgan fingerprint density at radius 2 is 2.07 bits per heavy atom. The van der Waals surface area contributed by atoms with Crippen molar-refractivity contribution in [1.82, 2.24) is 9.97 Å². The Kier molecular flexibility index (Phi) is 1.77. The van der Waals surface area contributed by atoms with Gasteiger partial charge < -0.3 is 10.7 Å². The summed E-state index contributed by atoms with van der Waals surface area (Å²) in [4.78, 5) is 18.1. The van der Waals surface area contributed by atoms with Gasteiger partial charge in [-0.2, -0.15) is 0 Å². The van der Waals surface area contributed by atoms with E-state index in [0.29, 0.717) is 5.65 Å². The van der Waals surface area contributed by atoms with Crippen LogP contribution in [-0.4, -0.2) is 9.97 Å². The molecule has 0 aliphatic rings. The number of hydrogen-bond acceptors (Lipinski definition) is 3. The molecule has 4 heteroatoms. The number of hydrogen-bond donors (Lipinski definition) is 2. The Morgan fingerprint density at radius 3 is 2.79 bits per heavy atom. The lowest BCUT2D eigenvalue weighted by atomic mass is 10.1. The van der Waals surface area contributed by atoms with E-state index in [2.05, 4.69) is 9.97 Å². The van der Waals surface area contributed by atoms with Crippen molar-refractivity contribution in [2.75, 3.05) is 5.73 Å². The first-order valence-electron chi connectivity index (χ1n) is 4.34. The molecule has 0 radical (unpaired) electrons. The molecule has 0 spiro atoms. The van der Waals surface area contributed by atoms with E-state index in [1.807, 2.05) is 19.9 Å². The van der Waals surface area contributed by atoms with Crippen molar-refractivity contribution in [1.29, 1.82) is 0 Å². The van der Waals surface area contributed by atoms with Crippen LogP contribution in [0.3, 0.4) is 0 Å². The van der Waals surface area contributed by atoms with Gasteiger partial charge in [0.15, 0.2) is 0 Å². The maximum absolute atomic E-state index is 11.2. The lowest BCUT2D eigenvalue weighted by molar-refractivity contribution is 1.17. The second-order valence-electron chi connectivity index (χ2n) is 3.40. The zero-order chi connectivity index (χ0) is 10.3. The molecule has 0 fully saturated rings. The van der Waals surface area contributed by atoms with Crippen molar-refractivity contribution in [2.45, 2.75) is 13.8 Å². The fourth-order valence-corrected chi connectivity index (χ4v) is 1.52. The average molecular weight is 189 g/mol. The van der Waals surface area contributed by atoms with Crippen LogP contribution < -0.4 is 11.3 Å². The van der Waals surface area contributed by atoms with Gasteiger partial charge in [0.1, 0.15) is 5.65 Å². The van der Waals surface area contributed by atoms with Gasteiger partial charge in [-0.3, -0.25) is 4.79 Å². The number of rotatable bonds is 0. The molecule has 0 bridgehead atoms. The van der Waals surface area contributed by atoms with Crippen LogP contribution in [0, 0.1) is 13.8 Å². The maximum Gasteiger partial charge on any atom is 0.272 e. The van der Waals surface area contributed by atoms with Crippen LogP contribution in [-0.2, 0) is 0 Å². The molecule has 4 nitrogen and oxygen atoms in total. The van der Waals surface area contributed by atoms with Gasteiger partial charge in [-0.25, -0.2) is 4.98 Å². The summed E-state index contributed by atoms with van der Waals surface area (Å²) in [5.74, 6) is 0. The molecule has 2 heterocycles. The molecule has 3 N–H and O–H groups in total. The Morgan fingerprint density at radius 1 is 1.36 bits per heavy atom. The van der Waals surface area contributed by atoms with Crippen LogP contribution in [0.2, 0.25) is 0 Å². The number of fused-ring (bicyclic) bond motifs is 1. The SMILES string of the molecule is Cc1cc(C)c2cc(N)c(=O)[nH]c2n1. The highest BCUT2D eigenvalue weighted by atomic mass is 16.1. The number of nitrogen functional groups attached to an aromatic ring is 1. The third kappa shape index (κ3) is 1.25. The number of anilines is 1. The predicted octanol–water partition coefficient (Wildman–Crippen LogP) is 1.12. The molecule has 0 saturated carbocycles. The van der Waals surface area contributed by atoms with Crippen LogP contribution in [0.15, 0.2) is 16.9 Å². The van der Waals surface area contributed by atoms with Crippen molar-refractivity contribution in [3.63, 3.8) is 0 Å². The van der Waals surface area contributed by atoms with Crippen LogP contribution >= 0.6 is 0 Å². The van der Waals surface area contributed by atoms with E-state index >= 15 is 0 Å². The molecule has 2 aromatic rings. The Labute approximate surface area is 80.8 Å². The van der Waals surface area contributed by atoms with Crippen LogP contribution in [0.5, 0.6) is 0 Å².